The Morgan fingerprint density at radius 2 is 1.88 bits per heavy atom. The van der Waals surface area contributed by atoms with E-state index in [4.69, 9.17) is 17.1 Å². The largest absolute Gasteiger partial charge is 0.481 e. The highest BCUT2D eigenvalue weighted by Crippen LogP contribution is 2.34. The van der Waals surface area contributed by atoms with E-state index in [-0.39, 0.29) is 0 Å². The number of aromatic nitrogens is 1. The lowest BCUT2D eigenvalue weighted by Crippen LogP contribution is -2.27. The maximum Gasteiger partial charge on any atom is 0.313 e. The van der Waals surface area contributed by atoms with Crippen molar-refractivity contribution in [2.75, 3.05) is 0 Å². The van der Waals surface area contributed by atoms with E-state index in [1.54, 1.807) is 36.5 Å². The van der Waals surface area contributed by atoms with Crippen LogP contribution in [0.2, 0.25) is 5.02 Å². The number of carboxylic acid groups (broad SMARTS) is 1. The lowest BCUT2D eigenvalue weighted by molar-refractivity contribution is -0.138. The zero-order valence-electron chi connectivity index (χ0n) is 13.0. The molecule has 25 heavy (non-hydrogen) atoms. The number of azide groups is 1. The van der Waals surface area contributed by atoms with Crippen LogP contribution in [-0.4, -0.2) is 22.1 Å². The molecule has 3 aromatic rings. The Labute approximate surface area is 148 Å². The van der Waals surface area contributed by atoms with E-state index in [0.29, 0.717) is 10.6 Å². The van der Waals surface area contributed by atoms with Crippen molar-refractivity contribution >= 4 is 28.5 Å². The van der Waals surface area contributed by atoms with Gasteiger partial charge in [0.25, 0.3) is 0 Å². The summed E-state index contributed by atoms with van der Waals surface area (Å²) in [5.74, 6) is -1.86. The zero-order valence-corrected chi connectivity index (χ0v) is 13.7. The lowest BCUT2D eigenvalue weighted by atomic mass is 9.84. The monoisotopic (exact) mass is 352 g/mol. The van der Waals surface area contributed by atoms with Gasteiger partial charge in [0, 0.05) is 27.4 Å². The number of halogens is 1. The van der Waals surface area contributed by atoms with Gasteiger partial charge in [0.2, 0.25) is 0 Å². The molecular formula is C18H13ClN4O2. The summed E-state index contributed by atoms with van der Waals surface area (Å²) in [6.07, 6.45) is 1.62. The molecule has 7 heteroatoms. The number of benzene rings is 2. The molecule has 124 valence electrons. The maximum atomic E-state index is 11.8. The molecule has 2 atom stereocenters. The Kier molecular flexibility index (Phi) is 4.84. The molecule has 1 aromatic heterocycles. The van der Waals surface area contributed by atoms with Crippen LogP contribution in [0.4, 0.5) is 0 Å². The van der Waals surface area contributed by atoms with Gasteiger partial charge in [0.05, 0.1) is 5.52 Å². The number of fused-ring (bicyclic) bond motifs is 1. The fraction of sp³-hybridized carbons (Fsp3) is 0.111. The quantitative estimate of drug-likeness (QED) is 0.406. The van der Waals surface area contributed by atoms with Crippen molar-refractivity contribution in [3.05, 3.63) is 87.4 Å². The second kappa shape index (κ2) is 7.21. The Bertz CT molecular complexity index is 961. The first-order chi connectivity index (χ1) is 12.1. The van der Waals surface area contributed by atoms with Crippen LogP contribution in [0.15, 0.2) is 65.9 Å². The first kappa shape index (κ1) is 16.8. The van der Waals surface area contributed by atoms with Gasteiger partial charge in [0.1, 0.15) is 6.04 Å². The van der Waals surface area contributed by atoms with Gasteiger partial charge in [-0.2, -0.15) is 0 Å². The lowest BCUT2D eigenvalue weighted by Gasteiger charge is -2.23. The van der Waals surface area contributed by atoms with Crippen molar-refractivity contribution in [2.45, 2.75) is 12.0 Å². The molecule has 0 aliphatic carbocycles. The summed E-state index contributed by atoms with van der Waals surface area (Å²) in [7, 11) is 0. The van der Waals surface area contributed by atoms with Crippen LogP contribution in [0.3, 0.4) is 0 Å². The number of pyridine rings is 1. The highest BCUT2D eigenvalue weighted by molar-refractivity contribution is 6.30. The summed E-state index contributed by atoms with van der Waals surface area (Å²) in [5.41, 5.74) is 11.0. The van der Waals surface area contributed by atoms with Gasteiger partial charge in [-0.1, -0.05) is 47.0 Å². The van der Waals surface area contributed by atoms with Gasteiger partial charge in [-0.3, -0.25) is 9.78 Å². The van der Waals surface area contributed by atoms with Crippen LogP contribution >= 0.6 is 11.6 Å². The van der Waals surface area contributed by atoms with Gasteiger partial charge in [-0.05, 0) is 40.9 Å². The summed E-state index contributed by atoms with van der Waals surface area (Å²) in [6.45, 7) is 0. The zero-order chi connectivity index (χ0) is 17.8. The van der Waals surface area contributed by atoms with Gasteiger partial charge >= 0.3 is 5.97 Å². The minimum atomic E-state index is -1.29. The van der Waals surface area contributed by atoms with Crippen LogP contribution in [0.25, 0.3) is 21.3 Å². The summed E-state index contributed by atoms with van der Waals surface area (Å²) in [6, 6.07) is 14.7. The number of hydrogen-bond donors (Lipinski definition) is 1. The highest BCUT2D eigenvalue weighted by Gasteiger charge is 2.31. The van der Waals surface area contributed by atoms with Crippen molar-refractivity contribution in [2.24, 2.45) is 5.11 Å². The van der Waals surface area contributed by atoms with Crippen molar-refractivity contribution in [1.29, 1.82) is 0 Å². The third-order valence-corrected chi connectivity index (χ3v) is 4.24. The number of aliphatic carboxylic acids is 1. The third kappa shape index (κ3) is 3.40. The minimum Gasteiger partial charge on any atom is -0.481 e. The van der Waals surface area contributed by atoms with E-state index in [2.05, 4.69) is 15.0 Å². The average molecular weight is 353 g/mol. The van der Waals surface area contributed by atoms with Gasteiger partial charge in [0.15, 0.2) is 0 Å². The number of carboxylic acids is 1. The van der Waals surface area contributed by atoms with Crippen LogP contribution in [-0.2, 0) is 4.79 Å². The number of para-hydroxylation sites is 1. The third-order valence-electron chi connectivity index (χ3n) is 3.99. The Morgan fingerprint density at radius 1 is 1.16 bits per heavy atom. The number of carbonyl (C=O) groups is 1. The smallest absolute Gasteiger partial charge is 0.313 e. The number of rotatable bonds is 5. The number of hydrogen-bond acceptors (Lipinski definition) is 3. The minimum absolute atomic E-state index is 0.540. The molecule has 0 spiro atoms. The van der Waals surface area contributed by atoms with Crippen molar-refractivity contribution in [3.63, 3.8) is 0 Å². The summed E-state index contributed by atoms with van der Waals surface area (Å²) in [4.78, 5) is 18.8. The molecule has 1 heterocycles. The molecule has 6 nitrogen and oxygen atoms in total. The van der Waals surface area contributed by atoms with Crippen LogP contribution < -0.4 is 0 Å². The van der Waals surface area contributed by atoms with Crippen LogP contribution in [0.1, 0.15) is 17.0 Å². The van der Waals surface area contributed by atoms with Gasteiger partial charge in [-0.15, -0.1) is 0 Å². The molecule has 0 fully saturated rings. The molecule has 0 saturated carbocycles. The molecule has 2 aromatic carbocycles. The Balaban J connectivity index is 2.27. The van der Waals surface area contributed by atoms with Crippen molar-refractivity contribution < 1.29 is 9.90 Å². The van der Waals surface area contributed by atoms with E-state index in [0.717, 1.165) is 16.5 Å². The molecule has 0 aliphatic heterocycles. The van der Waals surface area contributed by atoms with Crippen molar-refractivity contribution in [1.82, 2.24) is 4.98 Å². The highest BCUT2D eigenvalue weighted by atomic mass is 35.5. The first-order valence-electron chi connectivity index (χ1n) is 7.48. The van der Waals surface area contributed by atoms with E-state index >= 15 is 0 Å². The fourth-order valence-electron chi connectivity index (χ4n) is 2.91. The van der Waals surface area contributed by atoms with E-state index in [1.807, 2.05) is 24.3 Å². The number of nitrogens with zero attached hydrogens (tertiary/aromatic N) is 4. The van der Waals surface area contributed by atoms with E-state index in [9.17, 15) is 9.90 Å². The van der Waals surface area contributed by atoms with Crippen LogP contribution in [0, 0.1) is 0 Å². The molecule has 0 aliphatic rings. The summed E-state index contributed by atoms with van der Waals surface area (Å²) < 4.78 is 0. The first-order valence-corrected chi connectivity index (χ1v) is 7.85. The predicted molar refractivity (Wildman–Crippen MR) is 95.6 cm³/mol. The van der Waals surface area contributed by atoms with E-state index in [1.165, 1.54) is 0 Å². The normalized spacial score (nSPS) is 13.0. The van der Waals surface area contributed by atoms with E-state index < -0.39 is 17.9 Å². The molecule has 0 radical (unpaired) electrons. The Hall–Kier alpha value is -3.08. The molecule has 0 amide bonds. The second-order valence-electron chi connectivity index (χ2n) is 5.43. The summed E-state index contributed by atoms with van der Waals surface area (Å²) >= 11 is 5.95. The molecular weight excluding hydrogens is 340 g/mol. The van der Waals surface area contributed by atoms with Crippen molar-refractivity contribution in [3.8, 4) is 0 Å². The topological polar surface area (TPSA) is 99.0 Å². The fourth-order valence-corrected chi connectivity index (χ4v) is 3.03. The molecule has 0 unspecified atom stereocenters. The second-order valence-corrected chi connectivity index (χ2v) is 5.87. The Morgan fingerprint density at radius 3 is 2.56 bits per heavy atom. The molecule has 0 bridgehead atoms. The maximum absolute atomic E-state index is 11.8. The molecule has 0 saturated heterocycles. The SMILES string of the molecule is [N-]=[N+]=N[C@H](C(=O)O)[C@@H](c1ccc(Cl)cc1)c1ccnc2ccccc12. The molecule has 3 rings (SSSR count). The average Bonchev–Trinajstić information content (AvgIpc) is 2.62. The van der Waals surface area contributed by atoms with Gasteiger partial charge in [-0.25, -0.2) is 0 Å². The molecule has 1 N–H and O–H groups in total. The van der Waals surface area contributed by atoms with Gasteiger partial charge < -0.3 is 5.11 Å². The standard InChI is InChI=1S/C18H13ClN4O2/c19-12-7-5-11(6-8-12)16(17(18(24)25)22-23-20)14-9-10-21-15-4-2-1-3-13(14)15/h1-10,16-17H,(H,24,25)/t16-,17-/m0/s1. The predicted octanol–water partition coefficient (Wildman–Crippen LogP) is 4.78. The summed E-state index contributed by atoms with van der Waals surface area (Å²) in [5, 5.41) is 14.5. The van der Waals surface area contributed by atoms with Crippen LogP contribution in [0.5, 0.6) is 0 Å².